The predicted octanol–water partition coefficient (Wildman–Crippen LogP) is 5.49. The summed E-state index contributed by atoms with van der Waals surface area (Å²) in [6.45, 7) is 4.02. The third kappa shape index (κ3) is 5.48. The van der Waals surface area contributed by atoms with Gasteiger partial charge in [-0.25, -0.2) is 4.79 Å². The number of anilines is 1. The third-order valence-corrected chi connectivity index (χ3v) is 5.87. The van der Waals surface area contributed by atoms with Crippen molar-refractivity contribution in [2.75, 3.05) is 26.1 Å². The highest BCUT2D eigenvalue weighted by Gasteiger charge is 2.23. The molecule has 1 amide bonds. The number of benzene rings is 2. The second kappa shape index (κ2) is 10.8. The third-order valence-electron chi connectivity index (χ3n) is 4.98. The Labute approximate surface area is 192 Å². The fourth-order valence-corrected chi connectivity index (χ4v) is 4.25. The minimum absolute atomic E-state index is 0.156. The quantitative estimate of drug-likeness (QED) is 0.434. The monoisotopic (exact) mass is 453 g/mol. The molecule has 0 saturated carbocycles. The Morgan fingerprint density at radius 2 is 1.72 bits per heavy atom. The number of carbonyl (C=O) groups is 2. The van der Waals surface area contributed by atoms with Gasteiger partial charge in [-0.3, -0.25) is 4.79 Å². The van der Waals surface area contributed by atoms with E-state index >= 15 is 0 Å². The van der Waals surface area contributed by atoms with Crippen molar-refractivity contribution in [3.8, 4) is 22.6 Å². The maximum Gasteiger partial charge on any atom is 0.341 e. The topological polar surface area (TPSA) is 73.9 Å². The first-order chi connectivity index (χ1) is 15.5. The number of nitrogens with one attached hydrogen (secondary N) is 1. The minimum atomic E-state index is -0.479. The van der Waals surface area contributed by atoms with Gasteiger partial charge in [-0.1, -0.05) is 35.9 Å². The smallest absolute Gasteiger partial charge is 0.341 e. The number of methoxy groups -OCH3 is 2. The highest BCUT2D eigenvalue weighted by atomic mass is 32.1. The van der Waals surface area contributed by atoms with Gasteiger partial charge in [0.2, 0.25) is 5.91 Å². The van der Waals surface area contributed by atoms with Gasteiger partial charge in [-0.2, -0.15) is 0 Å². The van der Waals surface area contributed by atoms with E-state index in [1.54, 1.807) is 33.3 Å². The number of amides is 1. The standard InChI is InChI=1S/C25H27NO5S/c1-5-31-25(28)23-19(18-11-12-20(29-3)21(14-18)30-4)15-32-24(23)26-22(27)13-10-17-8-6-16(2)7-9-17/h6-9,11-12,14-15H,5,10,13H2,1-4H3,(H,26,27). The van der Waals surface area contributed by atoms with Crippen LogP contribution in [0.2, 0.25) is 0 Å². The van der Waals surface area contributed by atoms with Crippen LogP contribution in [-0.2, 0) is 16.0 Å². The van der Waals surface area contributed by atoms with Crippen molar-refractivity contribution < 1.29 is 23.8 Å². The average Bonchev–Trinajstić information content (AvgIpc) is 3.21. The lowest BCUT2D eigenvalue weighted by Crippen LogP contribution is -2.15. The van der Waals surface area contributed by atoms with E-state index in [0.29, 0.717) is 40.5 Å². The molecular weight excluding hydrogens is 426 g/mol. The van der Waals surface area contributed by atoms with E-state index in [1.807, 2.05) is 42.6 Å². The number of esters is 1. The molecule has 0 radical (unpaired) electrons. The van der Waals surface area contributed by atoms with Crippen molar-refractivity contribution in [2.24, 2.45) is 0 Å². The zero-order chi connectivity index (χ0) is 23.1. The largest absolute Gasteiger partial charge is 0.493 e. The fourth-order valence-electron chi connectivity index (χ4n) is 3.27. The van der Waals surface area contributed by atoms with Crippen LogP contribution in [0.1, 0.15) is 34.8 Å². The zero-order valence-corrected chi connectivity index (χ0v) is 19.5. The second-order valence-corrected chi connectivity index (χ2v) is 8.06. The lowest BCUT2D eigenvalue weighted by molar-refractivity contribution is -0.116. The van der Waals surface area contributed by atoms with Crippen molar-refractivity contribution >= 4 is 28.2 Å². The van der Waals surface area contributed by atoms with Crippen LogP contribution in [0.5, 0.6) is 11.5 Å². The highest BCUT2D eigenvalue weighted by molar-refractivity contribution is 7.15. The van der Waals surface area contributed by atoms with Gasteiger partial charge in [0.15, 0.2) is 11.5 Å². The molecule has 0 aliphatic carbocycles. The molecule has 6 nitrogen and oxygen atoms in total. The summed E-state index contributed by atoms with van der Waals surface area (Å²) in [5.74, 6) is 0.507. The lowest BCUT2D eigenvalue weighted by atomic mass is 10.0. The van der Waals surface area contributed by atoms with Gasteiger partial charge in [0.25, 0.3) is 0 Å². The molecule has 0 saturated heterocycles. The van der Waals surface area contributed by atoms with Gasteiger partial charge in [-0.05, 0) is 43.5 Å². The Morgan fingerprint density at radius 1 is 1.00 bits per heavy atom. The second-order valence-electron chi connectivity index (χ2n) is 7.18. The zero-order valence-electron chi connectivity index (χ0n) is 18.7. The summed E-state index contributed by atoms with van der Waals surface area (Å²) in [4.78, 5) is 25.4. The van der Waals surface area contributed by atoms with Crippen molar-refractivity contribution in [3.05, 3.63) is 64.5 Å². The molecular formula is C25H27NO5S. The molecule has 0 fully saturated rings. The fraction of sp³-hybridized carbons (Fsp3) is 0.280. The summed E-state index contributed by atoms with van der Waals surface area (Å²) >= 11 is 1.30. The van der Waals surface area contributed by atoms with Crippen LogP contribution in [0.25, 0.3) is 11.1 Å². The normalized spacial score (nSPS) is 10.5. The predicted molar refractivity (Wildman–Crippen MR) is 127 cm³/mol. The minimum Gasteiger partial charge on any atom is -0.493 e. The van der Waals surface area contributed by atoms with Crippen molar-refractivity contribution in [3.63, 3.8) is 0 Å². The van der Waals surface area contributed by atoms with Gasteiger partial charge in [0.1, 0.15) is 10.6 Å². The van der Waals surface area contributed by atoms with E-state index in [4.69, 9.17) is 14.2 Å². The molecule has 3 aromatic rings. The van der Waals surface area contributed by atoms with E-state index in [2.05, 4.69) is 5.32 Å². The van der Waals surface area contributed by atoms with E-state index in [0.717, 1.165) is 11.1 Å². The number of ether oxygens (including phenoxy) is 3. The van der Waals surface area contributed by atoms with Gasteiger partial charge in [-0.15, -0.1) is 11.3 Å². The maximum absolute atomic E-state index is 12.8. The molecule has 0 aliphatic rings. The van der Waals surface area contributed by atoms with Crippen LogP contribution in [-0.4, -0.2) is 32.7 Å². The van der Waals surface area contributed by atoms with E-state index in [1.165, 1.54) is 16.9 Å². The van der Waals surface area contributed by atoms with E-state index in [-0.39, 0.29) is 12.5 Å². The molecule has 0 unspecified atom stereocenters. The summed E-state index contributed by atoms with van der Waals surface area (Å²) in [7, 11) is 3.12. The Kier molecular flexibility index (Phi) is 7.89. The SMILES string of the molecule is CCOC(=O)c1c(-c2ccc(OC)c(OC)c2)csc1NC(=O)CCc1ccc(C)cc1. The van der Waals surface area contributed by atoms with Crippen LogP contribution in [0.15, 0.2) is 47.8 Å². The van der Waals surface area contributed by atoms with Crippen molar-refractivity contribution in [1.29, 1.82) is 0 Å². The Bertz CT molecular complexity index is 1090. The summed E-state index contributed by atoms with van der Waals surface area (Å²) in [5, 5.41) is 5.21. The first-order valence-corrected chi connectivity index (χ1v) is 11.2. The van der Waals surface area contributed by atoms with Crippen molar-refractivity contribution in [1.82, 2.24) is 0 Å². The number of thiophene rings is 1. The molecule has 168 valence electrons. The van der Waals surface area contributed by atoms with Gasteiger partial charge >= 0.3 is 5.97 Å². The first-order valence-electron chi connectivity index (χ1n) is 10.3. The van der Waals surface area contributed by atoms with E-state index < -0.39 is 5.97 Å². The van der Waals surface area contributed by atoms with Gasteiger partial charge < -0.3 is 19.5 Å². The maximum atomic E-state index is 12.8. The number of aryl methyl sites for hydroxylation is 2. The molecule has 0 spiro atoms. The summed E-state index contributed by atoms with van der Waals surface area (Å²) in [5.41, 5.74) is 4.05. The summed E-state index contributed by atoms with van der Waals surface area (Å²) < 4.78 is 16.0. The molecule has 3 rings (SSSR count). The number of rotatable bonds is 9. The Balaban J connectivity index is 1.85. The molecule has 1 N–H and O–H groups in total. The summed E-state index contributed by atoms with van der Waals surface area (Å²) in [6, 6.07) is 13.5. The van der Waals surface area contributed by atoms with Crippen LogP contribution in [0, 0.1) is 6.92 Å². The van der Waals surface area contributed by atoms with Crippen LogP contribution in [0.4, 0.5) is 5.00 Å². The Morgan fingerprint density at radius 3 is 2.38 bits per heavy atom. The number of carbonyl (C=O) groups excluding carboxylic acids is 2. The highest BCUT2D eigenvalue weighted by Crippen LogP contribution is 2.39. The number of hydrogen-bond acceptors (Lipinski definition) is 6. The molecule has 0 atom stereocenters. The molecule has 0 aliphatic heterocycles. The van der Waals surface area contributed by atoms with Crippen LogP contribution >= 0.6 is 11.3 Å². The molecule has 2 aromatic carbocycles. The van der Waals surface area contributed by atoms with Crippen LogP contribution < -0.4 is 14.8 Å². The Hall–Kier alpha value is -3.32. The first kappa shape index (κ1) is 23.3. The summed E-state index contributed by atoms with van der Waals surface area (Å²) in [6.07, 6.45) is 0.934. The molecule has 1 aromatic heterocycles. The van der Waals surface area contributed by atoms with Gasteiger partial charge in [0, 0.05) is 17.4 Å². The van der Waals surface area contributed by atoms with Gasteiger partial charge in [0.05, 0.1) is 20.8 Å². The number of hydrogen-bond donors (Lipinski definition) is 1. The lowest BCUT2D eigenvalue weighted by Gasteiger charge is -2.11. The molecule has 7 heteroatoms. The molecule has 0 bridgehead atoms. The van der Waals surface area contributed by atoms with Crippen LogP contribution in [0.3, 0.4) is 0 Å². The molecule has 32 heavy (non-hydrogen) atoms. The van der Waals surface area contributed by atoms with E-state index in [9.17, 15) is 9.59 Å². The molecule has 1 heterocycles. The van der Waals surface area contributed by atoms with Crippen molar-refractivity contribution in [2.45, 2.75) is 26.7 Å². The average molecular weight is 454 g/mol.